The summed E-state index contributed by atoms with van der Waals surface area (Å²) in [5.41, 5.74) is -0.00367. The van der Waals surface area contributed by atoms with Crippen molar-refractivity contribution in [3.63, 3.8) is 0 Å². The number of fused-ring (bicyclic) bond motifs is 3. The third-order valence-electron chi connectivity index (χ3n) is 5.57. The van der Waals surface area contributed by atoms with Crippen molar-refractivity contribution in [1.82, 2.24) is 9.55 Å². The number of carbonyl (C=O) groups is 1. The molecule has 0 bridgehead atoms. The van der Waals surface area contributed by atoms with Crippen molar-refractivity contribution >= 4 is 39.4 Å². The molecule has 1 aromatic carbocycles. The van der Waals surface area contributed by atoms with Crippen LogP contribution in [0.1, 0.15) is 53.7 Å². The highest BCUT2D eigenvalue weighted by Gasteiger charge is 2.34. The van der Waals surface area contributed by atoms with Crippen LogP contribution in [0.15, 0.2) is 29.2 Å². The van der Waals surface area contributed by atoms with Gasteiger partial charge in [-0.2, -0.15) is 4.79 Å². The number of halogens is 1. The maximum atomic E-state index is 13.2. The van der Waals surface area contributed by atoms with Crippen molar-refractivity contribution < 1.29 is 14.3 Å². The molecule has 0 N–H and O–H groups in total. The molecule has 0 saturated heterocycles. The fourth-order valence-electron chi connectivity index (χ4n) is 4.31. The van der Waals surface area contributed by atoms with Crippen molar-refractivity contribution in [3.05, 3.63) is 50.3 Å². The maximum absolute atomic E-state index is 13.2. The molecule has 0 fully saturated rings. The van der Waals surface area contributed by atoms with Crippen LogP contribution in [0.5, 0.6) is 5.75 Å². The van der Waals surface area contributed by atoms with E-state index in [0.29, 0.717) is 23.5 Å². The number of pyridine rings is 2. The molecule has 0 spiro atoms. The Morgan fingerprint density at radius 3 is 2.51 bits per heavy atom. The van der Waals surface area contributed by atoms with E-state index in [9.17, 15) is 9.59 Å². The smallest absolute Gasteiger partial charge is 0.490 e. The number of amides is 1. The molecule has 1 amide bonds. The van der Waals surface area contributed by atoms with Crippen molar-refractivity contribution in [2.24, 2.45) is 18.4 Å². The van der Waals surface area contributed by atoms with E-state index in [1.165, 1.54) is 0 Å². The zero-order valence-electron chi connectivity index (χ0n) is 21.7. The molecule has 0 radical (unpaired) electrons. The van der Waals surface area contributed by atoms with Crippen LogP contribution in [0.25, 0.3) is 26.5 Å². The zero-order valence-corrected chi connectivity index (χ0v) is 22.4. The molecule has 0 saturated carbocycles. The molecule has 7 nitrogen and oxygen atoms in total. The monoisotopic (exact) mass is 498 g/mol. The van der Waals surface area contributed by atoms with Gasteiger partial charge in [-0.25, -0.2) is 0 Å². The summed E-state index contributed by atoms with van der Waals surface area (Å²) in [4.78, 5) is 33.6. The normalized spacial score (nSPS) is 13.4. The van der Waals surface area contributed by atoms with Gasteiger partial charge in [0.1, 0.15) is 23.4 Å². The molecular formula is C27H33ClN3O4+. The van der Waals surface area contributed by atoms with Crippen molar-refractivity contribution in [3.8, 4) is 11.8 Å². The second-order valence-corrected chi connectivity index (χ2v) is 11.0. The van der Waals surface area contributed by atoms with Gasteiger partial charge in [0.05, 0.1) is 26.5 Å². The number of ether oxygens (including phenoxy) is 2. The molecule has 3 aromatic rings. The molecule has 8 heteroatoms. The first-order chi connectivity index (χ1) is 16.2. The van der Waals surface area contributed by atoms with Crippen LogP contribution in [-0.2, 0) is 11.8 Å². The molecule has 186 valence electrons. The van der Waals surface area contributed by atoms with Gasteiger partial charge in [-0.3, -0.25) is 9.78 Å². The van der Waals surface area contributed by atoms with E-state index in [-0.39, 0.29) is 17.2 Å². The number of carbonyl (C=O) groups excluding carboxylic acids is 1. The number of hydrogen-bond acceptors (Lipinski definition) is 5. The molecule has 0 aliphatic rings. The Hall–Kier alpha value is -3.11. The quantitative estimate of drug-likeness (QED) is 0.364. The maximum Gasteiger partial charge on any atom is 0.728 e. The van der Waals surface area contributed by atoms with Gasteiger partial charge in [0, 0.05) is 18.6 Å². The highest BCUT2D eigenvalue weighted by molar-refractivity contribution is 6.37. The minimum Gasteiger partial charge on any atom is -0.490 e. The Kier molecular flexibility index (Phi) is 7.47. The van der Waals surface area contributed by atoms with Gasteiger partial charge in [-0.1, -0.05) is 25.4 Å². The Labute approximate surface area is 210 Å². The first-order valence-electron chi connectivity index (χ1n) is 11.6. The first-order valence-corrected chi connectivity index (χ1v) is 12.0. The van der Waals surface area contributed by atoms with Gasteiger partial charge < -0.3 is 14.0 Å². The Bertz CT molecular complexity index is 1410. The fraction of sp³-hybridized carbons (Fsp3) is 0.481. The minimum atomic E-state index is -0.698. The SMILES string of the molecule is Cc1nccc2c3ccc(OC[C@@](C)(C#[N+]C(=O)OC(C)(C)C)CC(C)C)c(Cl)c3c(=O)n(C)c12. The Morgan fingerprint density at radius 2 is 1.89 bits per heavy atom. The standard InChI is InChI=1S/C27H33ClN3O4/c1-16(2)13-27(7,14-30-25(33)35-26(4,5)6)15-34-20-10-9-18-19-11-12-29-17(3)23(19)31(8)24(32)21(18)22(20)28/h9-12,16H,13,15H2,1-8H3/q+1/t27-/m1/s1. The van der Waals surface area contributed by atoms with Crippen LogP contribution in [0.2, 0.25) is 5.02 Å². The molecule has 35 heavy (non-hydrogen) atoms. The summed E-state index contributed by atoms with van der Waals surface area (Å²) in [5.74, 6) is 0.683. The highest BCUT2D eigenvalue weighted by atomic mass is 35.5. The van der Waals surface area contributed by atoms with Crippen LogP contribution < -0.4 is 10.3 Å². The topological polar surface area (TPSA) is 74.8 Å². The van der Waals surface area contributed by atoms with Crippen LogP contribution in [-0.4, -0.2) is 27.9 Å². The van der Waals surface area contributed by atoms with Crippen molar-refractivity contribution in [2.45, 2.75) is 60.5 Å². The molecule has 1 atom stereocenters. The van der Waals surface area contributed by atoms with E-state index in [4.69, 9.17) is 21.1 Å². The van der Waals surface area contributed by atoms with E-state index in [0.717, 1.165) is 22.0 Å². The summed E-state index contributed by atoms with van der Waals surface area (Å²) < 4.78 is 12.9. The predicted molar refractivity (Wildman–Crippen MR) is 141 cm³/mol. The largest absolute Gasteiger partial charge is 0.728 e. The number of benzene rings is 1. The minimum absolute atomic E-state index is 0.166. The van der Waals surface area contributed by atoms with Crippen LogP contribution in [0.3, 0.4) is 0 Å². The summed E-state index contributed by atoms with van der Waals surface area (Å²) in [6.45, 7) is 13.4. The van der Waals surface area contributed by atoms with E-state index in [2.05, 4.69) is 29.7 Å². The van der Waals surface area contributed by atoms with Gasteiger partial charge in [0.2, 0.25) is 0 Å². The number of aromatic nitrogens is 2. The van der Waals surface area contributed by atoms with Gasteiger partial charge in [0.15, 0.2) is 0 Å². The van der Waals surface area contributed by atoms with Gasteiger partial charge >= 0.3 is 12.2 Å². The molecule has 0 unspecified atom stereocenters. The van der Waals surface area contributed by atoms with Crippen LogP contribution in [0.4, 0.5) is 4.79 Å². The lowest BCUT2D eigenvalue weighted by Crippen LogP contribution is -2.26. The molecule has 2 heterocycles. The van der Waals surface area contributed by atoms with E-state index in [1.807, 2.05) is 26.0 Å². The molecular weight excluding hydrogens is 466 g/mol. The van der Waals surface area contributed by atoms with Crippen LogP contribution in [0, 0.1) is 24.3 Å². The second-order valence-electron chi connectivity index (χ2n) is 10.6. The van der Waals surface area contributed by atoms with Gasteiger partial charge in [0.25, 0.3) is 5.56 Å². The number of hydrogen-bond donors (Lipinski definition) is 0. The lowest BCUT2D eigenvalue weighted by Gasteiger charge is -2.22. The summed E-state index contributed by atoms with van der Waals surface area (Å²) in [7, 11) is 1.71. The van der Waals surface area contributed by atoms with E-state index in [1.54, 1.807) is 44.6 Å². The van der Waals surface area contributed by atoms with Crippen molar-refractivity contribution in [2.75, 3.05) is 6.61 Å². The van der Waals surface area contributed by atoms with Gasteiger partial charge in [-0.05, 0) is 70.5 Å². The molecule has 2 aromatic heterocycles. The average Bonchev–Trinajstić information content (AvgIpc) is 2.73. The Balaban J connectivity index is 1.99. The van der Waals surface area contributed by atoms with Gasteiger partial charge in [-0.15, -0.1) is 0 Å². The summed E-state index contributed by atoms with van der Waals surface area (Å²) >= 11 is 6.72. The highest BCUT2D eigenvalue weighted by Crippen LogP contribution is 2.36. The summed E-state index contributed by atoms with van der Waals surface area (Å²) in [5, 5.41) is 2.27. The lowest BCUT2D eigenvalue weighted by atomic mass is 9.84. The molecule has 3 rings (SSSR count). The average molecular weight is 499 g/mol. The molecule has 0 aliphatic carbocycles. The van der Waals surface area contributed by atoms with E-state index < -0.39 is 17.1 Å². The van der Waals surface area contributed by atoms with E-state index >= 15 is 0 Å². The second kappa shape index (κ2) is 9.87. The summed E-state index contributed by atoms with van der Waals surface area (Å²) in [6, 6.07) is 8.42. The number of nitrogens with zero attached hydrogens (tertiary/aromatic N) is 3. The first kappa shape index (κ1) is 26.5. The predicted octanol–water partition coefficient (Wildman–Crippen LogP) is 6.75. The van der Waals surface area contributed by atoms with Crippen LogP contribution >= 0.6 is 11.6 Å². The summed E-state index contributed by atoms with van der Waals surface area (Å²) in [6.07, 6.45) is 1.69. The third kappa shape index (κ3) is 5.94. The zero-order chi connectivity index (χ0) is 26.1. The number of rotatable bonds is 5. The lowest BCUT2D eigenvalue weighted by molar-refractivity contribution is 0.0663. The molecule has 0 aliphatic heterocycles. The fourth-order valence-corrected chi connectivity index (χ4v) is 4.61. The third-order valence-corrected chi connectivity index (χ3v) is 5.95. The number of aryl methyl sites for hydroxylation is 2. The van der Waals surface area contributed by atoms with Crippen molar-refractivity contribution in [1.29, 1.82) is 0 Å². The Morgan fingerprint density at radius 1 is 1.20 bits per heavy atom.